The number of thiocarbonyl (C=S) groups is 1. The van der Waals surface area contributed by atoms with E-state index in [0.717, 1.165) is 12.8 Å². The van der Waals surface area contributed by atoms with Crippen LogP contribution in [-0.2, 0) is 6.54 Å². The minimum absolute atomic E-state index is 0.0118. The van der Waals surface area contributed by atoms with Gasteiger partial charge in [-0.25, -0.2) is 4.39 Å². The first kappa shape index (κ1) is 28.1. The van der Waals surface area contributed by atoms with Crippen LogP contribution in [-0.4, -0.2) is 85.5 Å². The molecule has 38 heavy (non-hydrogen) atoms. The summed E-state index contributed by atoms with van der Waals surface area (Å²) in [5, 5.41) is 41.3. The molecule has 1 aromatic carbocycles. The highest BCUT2D eigenvalue weighted by molar-refractivity contribution is 7.80. The number of benzene rings is 1. The minimum atomic E-state index is -1.54. The van der Waals surface area contributed by atoms with Gasteiger partial charge in [-0.05, 0) is 56.9 Å². The molecule has 5 N–H and O–H groups in total. The smallest absolute Gasteiger partial charge is 0.426 e. The monoisotopic (exact) mass is 542 g/mol. The van der Waals surface area contributed by atoms with Gasteiger partial charge in [0.2, 0.25) is 5.95 Å². The van der Waals surface area contributed by atoms with Crippen molar-refractivity contribution in [1.82, 2.24) is 25.0 Å². The molecule has 2 aliphatic rings. The number of aromatic nitrogens is 3. The minimum Gasteiger partial charge on any atom is -0.426 e. The van der Waals surface area contributed by atoms with Crippen molar-refractivity contribution in [2.45, 2.75) is 63.7 Å². The standard InChI is InChI=1S/C24H32BFN8O3S/c1-14(28)23(38)33-13-20(9-21(33)25(36)37)29-19-4-3-7-32(12-19)24-31-30-15(2)22(35)34(24)11-17-8-18(26)6-5-16(17)10-27/h5-6,8,14,19-21,29,36-37H,3-4,7,9,11-13,28H2,1-2H3/t14-,19+,20?,21-/m0/s1. The first-order valence-corrected chi connectivity index (χ1v) is 13.1. The molecule has 0 spiro atoms. The molecule has 3 heterocycles. The van der Waals surface area contributed by atoms with E-state index < -0.39 is 18.9 Å². The van der Waals surface area contributed by atoms with Crippen molar-refractivity contribution in [3.8, 4) is 6.07 Å². The molecule has 2 fully saturated rings. The van der Waals surface area contributed by atoms with Crippen LogP contribution in [0.2, 0.25) is 0 Å². The number of aryl methyl sites for hydroxylation is 1. The molecule has 2 aliphatic heterocycles. The van der Waals surface area contributed by atoms with Crippen LogP contribution < -0.4 is 21.5 Å². The van der Waals surface area contributed by atoms with Crippen LogP contribution in [0.5, 0.6) is 0 Å². The van der Waals surface area contributed by atoms with Crippen LogP contribution in [0.25, 0.3) is 0 Å². The summed E-state index contributed by atoms with van der Waals surface area (Å²) >= 11 is 5.44. The maximum Gasteiger partial charge on any atom is 0.475 e. The summed E-state index contributed by atoms with van der Waals surface area (Å²) < 4.78 is 15.4. The van der Waals surface area contributed by atoms with Gasteiger partial charge in [-0.15, -0.1) is 10.2 Å². The lowest BCUT2D eigenvalue weighted by Crippen LogP contribution is -2.52. The van der Waals surface area contributed by atoms with Gasteiger partial charge < -0.3 is 30.9 Å². The maximum atomic E-state index is 14.0. The van der Waals surface area contributed by atoms with Crippen LogP contribution in [0.4, 0.5) is 10.3 Å². The number of nitrogens with one attached hydrogen (secondary N) is 1. The molecule has 0 radical (unpaired) electrons. The number of nitrogens with zero attached hydrogens (tertiary/aromatic N) is 6. The van der Waals surface area contributed by atoms with E-state index in [1.807, 2.05) is 4.90 Å². The van der Waals surface area contributed by atoms with Crippen LogP contribution in [0, 0.1) is 24.1 Å². The van der Waals surface area contributed by atoms with E-state index >= 15 is 0 Å². The van der Waals surface area contributed by atoms with Crippen LogP contribution in [0.3, 0.4) is 0 Å². The van der Waals surface area contributed by atoms with Crippen molar-refractivity contribution in [3.63, 3.8) is 0 Å². The van der Waals surface area contributed by atoms with Crippen molar-refractivity contribution < 1.29 is 14.4 Å². The summed E-state index contributed by atoms with van der Waals surface area (Å²) in [5.74, 6) is -0.676. The number of nitrogens with two attached hydrogens (primary N) is 1. The second-order valence-corrected chi connectivity index (χ2v) is 10.5. The summed E-state index contributed by atoms with van der Waals surface area (Å²) in [6, 6.07) is 5.54. The van der Waals surface area contributed by atoms with Crippen molar-refractivity contribution >= 4 is 30.3 Å². The Labute approximate surface area is 226 Å². The number of piperidine rings is 1. The number of hydrogen-bond donors (Lipinski definition) is 4. The van der Waals surface area contributed by atoms with Gasteiger partial charge in [-0.1, -0.05) is 12.2 Å². The van der Waals surface area contributed by atoms with E-state index in [9.17, 15) is 24.5 Å². The molecule has 4 rings (SSSR count). The molecule has 11 nitrogen and oxygen atoms in total. The second-order valence-electron chi connectivity index (χ2n) is 10.0. The Morgan fingerprint density at radius 2 is 2.13 bits per heavy atom. The normalized spacial score (nSPS) is 22.3. The van der Waals surface area contributed by atoms with Gasteiger partial charge in [0, 0.05) is 31.7 Å². The van der Waals surface area contributed by atoms with Crippen LogP contribution in [0.1, 0.15) is 43.0 Å². The topological polar surface area (TPSA) is 157 Å². The zero-order valence-electron chi connectivity index (χ0n) is 21.4. The third-order valence-corrected chi connectivity index (χ3v) is 7.74. The SMILES string of the molecule is Cc1nnc(N2CCC[C@@H](NC3C[C@@H](B(O)O)N(C(=S)[C@H](C)N)C3)C2)n(Cc2cc(F)ccc2C#N)c1=O. The van der Waals surface area contributed by atoms with E-state index in [0.29, 0.717) is 42.6 Å². The van der Waals surface area contributed by atoms with Crippen molar-refractivity contribution in [3.05, 3.63) is 51.2 Å². The Balaban J connectivity index is 1.54. The van der Waals surface area contributed by atoms with E-state index in [1.165, 1.54) is 22.8 Å². The summed E-state index contributed by atoms with van der Waals surface area (Å²) in [5.41, 5.74) is 6.49. The van der Waals surface area contributed by atoms with E-state index in [4.69, 9.17) is 18.0 Å². The van der Waals surface area contributed by atoms with Crippen molar-refractivity contribution in [2.75, 3.05) is 24.5 Å². The molecular formula is C24H32BFN8O3S. The zero-order chi connectivity index (χ0) is 27.6. The lowest BCUT2D eigenvalue weighted by atomic mass is 9.77. The predicted octanol–water partition coefficient (Wildman–Crippen LogP) is -0.306. The molecule has 1 unspecified atom stereocenters. The molecule has 0 saturated carbocycles. The van der Waals surface area contributed by atoms with Crippen LogP contribution >= 0.6 is 12.2 Å². The Morgan fingerprint density at radius 3 is 2.82 bits per heavy atom. The molecule has 0 aliphatic carbocycles. The predicted molar refractivity (Wildman–Crippen MR) is 145 cm³/mol. The highest BCUT2D eigenvalue weighted by Crippen LogP contribution is 2.24. The van der Waals surface area contributed by atoms with Gasteiger partial charge in [0.15, 0.2) is 0 Å². The molecule has 0 bridgehead atoms. The largest absolute Gasteiger partial charge is 0.475 e. The number of halogens is 1. The van der Waals surface area contributed by atoms with Crippen molar-refractivity contribution in [2.24, 2.45) is 5.73 Å². The Bertz CT molecular complexity index is 1290. The molecule has 202 valence electrons. The number of anilines is 1. The molecule has 1 aromatic heterocycles. The molecular weight excluding hydrogens is 510 g/mol. The Hall–Kier alpha value is -2.96. The lowest BCUT2D eigenvalue weighted by Gasteiger charge is -2.36. The van der Waals surface area contributed by atoms with Gasteiger partial charge >= 0.3 is 7.12 Å². The van der Waals surface area contributed by atoms with Gasteiger partial charge in [-0.3, -0.25) is 9.36 Å². The highest BCUT2D eigenvalue weighted by atomic mass is 32.1. The summed E-state index contributed by atoms with van der Waals surface area (Å²) in [7, 11) is -1.54. The fourth-order valence-corrected chi connectivity index (χ4v) is 5.47. The van der Waals surface area contributed by atoms with Gasteiger partial charge in [0.05, 0.1) is 35.1 Å². The summed E-state index contributed by atoms with van der Waals surface area (Å²) in [6.45, 7) is 5.01. The van der Waals surface area contributed by atoms with E-state index in [2.05, 4.69) is 21.6 Å². The lowest BCUT2D eigenvalue weighted by molar-refractivity contribution is 0.333. The number of rotatable bonds is 7. The number of hydrogen-bond acceptors (Lipinski definition) is 10. The number of nitriles is 1. The Kier molecular flexibility index (Phi) is 8.74. The van der Waals surface area contributed by atoms with E-state index in [1.54, 1.807) is 18.7 Å². The van der Waals surface area contributed by atoms with Gasteiger partial charge in [-0.2, -0.15) is 5.26 Å². The highest BCUT2D eigenvalue weighted by Gasteiger charge is 2.41. The number of likely N-dealkylation sites (tertiary alicyclic amines) is 1. The molecule has 0 amide bonds. The average molecular weight is 542 g/mol. The second kappa shape index (κ2) is 11.8. The molecule has 14 heteroatoms. The van der Waals surface area contributed by atoms with Gasteiger partial charge in [0.25, 0.3) is 5.56 Å². The molecule has 4 atom stereocenters. The first-order chi connectivity index (χ1) is 18.1. The maximum absolute atomic E-state index is 14.0. The third kappa shape index (κ3) is 6.03. The molecule has 2 saturated heterocycles. The molecule has 2 aromatic rings. The summed E-state index contributed by atoms with van der Waals surface area (Å²) in [6.07, 6.45) is 2.20. The fraction of sp³-hybridized carbons (Fsp3) is 0.542. The zero-order valence-corrected chi connectivity index (χ0v) is 22.2. The average Bonchev–Trinajstić information content (AvgIpc) is 3.30. The van der Waals surface area contributed by atoms with Crippen LogP contribution in [0.15, 0.2) is 23.0 Å². The Morgan fingerprint density at radius 1 is 1.37 bits per heavy atom. The third-order valence-electron chi connectivity index (χ3n) is 7.14. The van der Waals surface area contributed by atoms with Gasteiger partial charge in [0.1, 0.15) is 11.5 Å². The fourth-order valence-electron chi connectivity index (χ4n) is 5.26. The first-order valence-electron chi connectivity index (χ1n) is 12.6. The quantitative estimate of drug-likeness (QED) is 0.269. The summed E-state index contributed by atoms with van der Waals surface area (Å²) in [4.78, 5) is 17.4. The van der Waals surface area contributed by atoms with Crippen molar-refractivity contribution in [1.29, 1.82) is 5.26 Å². The van der Waals surface area contributed by atoms with E-state index in [-0.39, 0.29) is 41.5 Å².